The van der Waals surface area contributed by atoms with Crippen molar-refractivity contribution in [3.63, 3.8) is 0 Å². The minimum atomic E-state index is -0.0184. The summed E-state index contributed by atoms with van der Waals surface area (Å²) >= 11 is 4.97. The summed E-state index contributed by atoms with van der Waals surface area (Å²) in [4.78, 5) is 8.56. The highest BCUT2D eigenvalue weighted by molar-refractivity contribution is 9.10. The van der Waals surface area contributed by atoms with Crippen molar-refractivity contribution in [1.82, 2.24) is 9.97 Å². The molecule has 2 rings (SSSR count). The molecule has 0 aliphatic carbocycles. The van der Waals surface area contributed by atoms with Gasteiger partial charge in [0.15, 0.2) is 0 Å². The van der Waals surface area contributed by atoms with Crippen LogP contribution >= 0.6 is 27.3 Å². The van der Waals surface area contributed by atoms with E-state index in [1.165, 1.54) is 0 Å². The number of nitrogens with two attached hydrogens (primary N) is 1. The number of halogens is 1. The lowest BCUT2D eigenvalue weighted by Crippen LogP contribution is -2.04. The highest BCUT2D eigenvalue weighted by Crippen LogP contribution is 2.26. The summed E-state index contributed by atoms with van der Waals surface area (Å²) in [7, 11) is 0. The van der Waals surface area contributed by atoms with E-state index in [1.807, 2.05) is 18.4 Å². The van der Waals surface area contributed by atoms with Gasteiger partial charge in [0.2, 0.25) is 0 Å². The molecular weight excluding hydrogens is 274 g/mol. The molecule has 2 aromatic heterocycles. The Morgan fingerprint density at radius 3 is 2.87 bits per heavy atom. The fraction of sp³-hybridized carbons (Fsp3) is 0.200. The molecule has 2 heterocycles. The molecule has 0 aliphatic heterocycles. The van der Waals surface area contributed by atoms with Crippen molar-refractivity contribution in [3.8, 4) is 10.6 Å². The molecule has 0 aromatic carbocycles. The fourth-order valence-corrected chi connectivity index (χ4v) is 2.43. The number of hydrogen-bond donors (Lipinski definition) is 1. The lowest BCUT2D eigenvalue weighted by Gasteiger charge is -1.98. The molecule has 1 unspecified atom stereocenters. The van der Waals surface area contributed by atoms with Crippen LogP contribution in [0.1, 0.15) is 18.7 Å². The van der Waals surface area contributed by atoms with Gasteiger partial charge in [0.1, 0.15) is 5.01 Å². The maximum Gasteiger partial charge on any atom is 0.125 e. The normalized spacial score (nSPS) is 12.7. The average Bonchev–Trinajstić information content (AvgIpc) is 2.66. The largest absolute Gasteiger partial charge is 0.323 e. The molecule has 0 aliphatic rings. The predicted molar refractivity (Wildman–Crippen MR) is 65.6 cm³/mol. The summed E-state index contributed by atoms with van der Waals surface area (Å²) in [6.45, 7) is 1.93. The van der Waals surface area contributed by atoms with Crippen molar-refractivity contribution in [2.24, 2.45) is 5.73 Å². The van der Waals surface area contributed by atoms with Gasteiger partial charge in [-0.2, -0.15) is 0 Å². The van der Waals surface area contributed by atoms with E-state index in [2.05, 4.69) is 25.9 Å². The molecule has 3 nitrogen and oxygen atoms in total. The van der Waals surface area contributed by atoms with Gasteiger partial charge < -0.3 is 5.73 Å². The third kappa shape index (κ3) is 2.42. The Labute approximate surface area is 101 Å². The van der Waals surface area contributed by atoms with Gasteiger partial charge >= 0.3 is 0 Å². The van der Waals surface area contributed by atoms with Gasteiger partial charge in [-0.1, -0.05) is 0 Å². The number of thiazole rings is 1. The Balaban J connectivity index is 2.37. The second-order valence-electron chi connectivity index (χ2n) is 3.26. The molecular formula is C10H10BrN3S. The molecule has 2 N–H and O–H groups in total. The van der Waals surface area contributed by atoms with Crippen molar-refractivity contribution < 1.29 is 0 Å². The molecule has 0 spiro atoms. The molecule has 2 aromatic rings. The summed E-state index contributed by atoms with van der Waals surface area (Å²) in [5, 5.41) is 2.94. The van der Waals surface area contributed by atoms with Crippen LogP contribution in [0, 0.1) is 0 Å². The molecule has 1 atom stereocenters. The van der Waals surface area contributed by atoms with Gasteiger partial charge in [0.25, 0.3) is 0 Å². The average molecular weight is 284 g/mol. The van der Waals surface area contributed by atoms with Gasteiger partial charge in [0.05, 0.1) is 5.69 Å². The molecule has 0 radical (unpaired) electrons. The minimum Gasteiger partial charge on any atom is -0.323 e. The number of rotatable bonds is 2. The van der Waals surface area contributed by atoms with Crippen LogP contribution in [0.15, 0.2) is 28.3 Å². The number of hydrogen-bond acceptors (Lipinski definition) is 4. The van der Waals surface area contributed by atoms with Crippen molar-refractivity contribution >= 4 is 27.3 Å². The predicted octanol–water partition coefficient (Wildman–Crippen LogP) is 2.99. The van der Waals surface area contributed by atoms with E-state index in [4.69, 9.17) is 5.73 Å². The SMILES string of the molecule is CC(N)c1csc(-c2cncc(Br)c2)n1. The van der Waals surface area contributed by atoms with Crippen molar-refractivity contribution in [1.29, 1.82) is 0 Å². The summed E-state index contributed by atoms with van der Waals surface area (Å²) in [5.41, 5.74) is 7.70. The molecule has 5 heteroatoms. The molecule has 15 heavy (non-hydrogen) atoms. The summed E-state index contributed by atoms with van der Waals surface area (Å²) in [5.74, 6) is 0. The van der Waals surface area contributed by atoms with E-state index in [9.17, 15) is 0 Å². The van der Waals surface area contributed by atoms with E-state index in [0.29, 0.717) is 0 Å². The highest BCUT2D eigenvalue weighted by Gasteiger charge is 2.07. The standard InChI is InChI=1S/C10H10BrN3S/c1-6(12)9-5-15-10(14-9)7-2-8(11)4-13-3-7/h2-6H,12H2,1H3. The van der Waals surface area contributed by atoms with Gasteiger partial charge in [-0.3, -0.25) is 4.98 Å². The van der Waals surface area contributed by atoms with E-state index >= 15 is 0 Å². The first-order valence-corrected chi connectivity index (χ1v) is 6.16. The van der Waals surface area contributed by atoms with Crippen molar-refractivity contribution in [2.75, 3.05) is 0 Å². The Morgan fingerprint density at radius 2 is 2.27 bits per heavy atom. The van der Waals surface area contributed by atoms with E-state index < -0.39 is 0 Å². The number of aromatic nitrogens is 2. The number of pyridine rings is 1. The first-order chi connectivity index (χ1) is 7.16. The van der Waals surface area contributed by atoms with Gasteiger partial charge in [0, 0.05) is 33.9 Å². The van der Waals surface area contributed by atoms with Crippen LogP contribution in [0.2, 0.25) is 0 Å². The quantitative estimate of drug-likeness (QED) is 0.922. The smallest absolute Gasteiger partial charge is 0.125 e. The Bertz CT molecular complexity index is 467. The monoisotopic (exact) mass is 283 g/mol. The van der Waals surface area contributed by atoms with Crippen LogP contribution in [0.5, 0.6) is 0 Å². The summed E-state index contributed by atoms with van der Waals surface area (Å²) < 4.78 is 0.956. The Kier molecular flexibility index (Phi) is 3.14. The topological polar surface area (TPSA) is 51.8 Å². The molecule has 0 saturated carbocycles. The third-order valence-corrected chi connectivity index (χ3v) is 3.28. The zero-order chi connectivity index (χ0) is 10.8. The third-order valence-electron chi connectivity index (χ3n) is 1.94. The van der Waals surface area contributed by atoms with Crippen LogP contribution in [-0.4, -0.2) is 9.97 Å². The van der Waals surface area contributed by atoms with Crippen LogP contribution < -0.4 is 5.73 Å². The first kappa shape index (κ1) is 10.7. The van der Waals surface area contributed by atoms with E-state index in [1.54, 1.807) is 23.7 Å². The van der Waals surface area contributed by atoms with Crippen LogP contribution in [0.3, 0.4) is 0 Å². The molecule has 0 saturated heterocycles. The summed E-state index contributed by atoms with van der Waals surface area (Å²) in [6.07, 6.45) is 3.55. The summed E-state index contributed by atoms with van der Waals surface area (Å²) in [6, 6.07) is 1.98. The van der Waals surface area contributed by atoms with E-state index in [-0.39, 0.29) is 6.04 Å². The molecule has 0 bridgehead atoms. The molecule has 0 amide bonds. The van der Waals surface area contributed by atoms with Crippen molar-refractivity contribution in [3.05, 3.63) is 34.0 Å². The molecule has 0 fully saturated rings. The second kappa shape index (κ2) is 4.38. The first-order valence-electron chi connectivity index (χ1n) is 4.49. The van der Waals surface area contributed by atoms with Gasteiger partial charge in [-0.25, -0.2) is 4.98 Å². The van der Waals surface area contributed by atoms with Crippen molar-refractivity contribution in [2.45, 2.75) is 13.0 Å². The Hall–Kier alpha value is -0.780. The van der Waals surface area contributed by atoms with Crippen LogP contribution in [0.4, 0.5) is 0 Å². The van der Waals surface area contributed by atoms with Crippen LogP contribution in [0.25, 0.3) is 10.6 Å². The number of nitrogens with zero attached hydrogens (tertiary/aromatic N) is 2. The van der Waals surface area contributed by atoms with Crippen LogP contribution in [-0.2, 0) is 0 Å². The second-order valence-corrected chi connectivity index (χ2v) is 5.03. The maximum atomic E-state index is 5.75. The maximum absolute atomic E-state index is 5.75. The minimum absolute atomic E-state index is 0.0184. The Morgan fingerprint density at radius 1 is 1.47 bits per heavy atom. The lowest BCUT2D eigenvalue weighted by molar-refractivity contribution is 0.790. The zero-order valence-corrected chi connectivity index (χ0v) is 10.5. The van der Waals surface area contributed by atoms with Gasteiger partial charge in [-0.05, 0) is 28.9 Å². The molecule has 78 valence electrons. The highest BCUT2D eigenvalue weighted by atomic mass is 79.9. The van der Waals surface area contributed by atoms with E-state index in [0.717, 1.165) is 20.7 Å². The zero-order valence-electron chi connectivity index (χ0n) is 8.14. The lowest BCUT2D eigenvalue weighted by atomic mass is 10.3. The van der Waals surface area contributed by atoms with Gasteiger partial charge in [-0.15, -0.1) is 11.3 Å². The fourth-order valence-electron chi connectivity index (χ4n) is 1.16.